The van der Waals surface area contributed by atoms with Crippen molar-refractivity contribution < 1.29 is 9.47 Å². The van der Waals surface area contributed by atoms with Gasteiger partial charge in [0.15, 0.2) is 0 Å². The Hall–Kier alpha value is -2.67. The van der Waals surface area contributed by atoms with Crippen molar-refractivity contribution in [3.63, 3.8) is 0 Å². The van der Waals surface area contributed by atoms with Gasteiger partial charge in [0.25, 0.3) is 0 Å². The standard InChI is InChI=1S/C17H15BrN4O2/c18-15-6-7-17(14(10-15)11-21-22-12-19-20-13-22)24-9-8-23-16-4-2-1-3-5-16/h1-7,10-13H,8-9H2/b21-11+. The van der Waals surface area contributed by atoms with Crippen LogP contribution < -0.4 is 9.47 Å². The van der Waals surface area contributed by atoms with Gasteiger partial charge >= 0.3 is 0 Å². The summed E-state index contributed by atoms with van der Waals surface area (Å²) in [7, 11) is 0. The summed E-state index contributed by atoms with van der Waals surface area (Å²) in [5.41, 5.74) is 0.845. The minimum atomic E-state index is 0.435. The lowest BCUT2D eigenvalue weighted by Gasteiger charge is -2.10. The van der Waals surface area contributed by atoms with E-state index in [1.807, 2.05) is 48.5 Å². The minimum Gasteiger partial charge on any atom is -0.490 e. The highest BCUT2D eigenvalue weighted by atomic mass is 79.9. The molecular formula is C17H15BrN4O2. The monoisotopic (exact) mass is 386 g/mol. The number of aromatic nitrogens is 3. The molecule has 0 spiro atoms. The molecule has 7 heteroatoms. The average molecular weight is 387 g/mol. The third-order valence-corrected chi connectivity index (χ3v) is 3.55. The quantitative estimate of drug-likeness (QED) is 0.461. The van der Waals surface area contributed by atoms with Crippen LogP contribution in [-0.4, -0.2) is 34.3 Å². The zero-order valence-corrected chi connectivity index (χ0v) is 14.3. The van der Waals surface area contributed by atoms with Crippen molar-refractivity contribution in [2.24, 2.45) is 5.10 Å². The zero-order chi connectivity index (χ0) is 16.6. The Labute approximate surface area is 147 Å². The Morgan fingerprint density at radius 1 is 1.00 bits per heavy atom. The second kappa shape index (κ2) is 8.26. The molecular weight excluding hydrogens is 372 g/mol. The second-order valence-electron chi connectivity index (χ2n) is 4.78. The van der Waals surface area contributed by atoms with Crippen molar-refractivity contribution in [1.29, 1.82) is 0 Å². The molecule has 6 nitrogen and oxygen atoms in total. The van der Waals surface area contributed by atoms with Gasteiger partial charge in [-0.05, 0) is 30.3 Å². The molecule has 0 amide bonds. The van der Waals surface area contributed by atoms with E-state index in [4.69, 9.17) is 9.47 Å². The van der Waals surface area contributed by atoms with Crippen molar-refractivity contribution in [3.8, 4) is 11.5 Å². The van der Waals surface area contributed by atoms with Crippen LogP contribution in [0.25, 0.3) is 0 Å². The molecule has 122 valence electrons. The van der Waals surface area contributed by atoms with Crippen LogP contribution in [0.2, 0.25) is 0 Å². The van der Waals surface area contributed by atoms with E-state index in [0.717, 1.165) is 21.5 Å². The molecule has 3 rings (SSSR count). The summed E-state index contributed by atoms with van der Waals surface area (Å²) in [6.07, 6.45) is 4.73. The van der Waals surface area contributed by atoms with Crippen LogP contribution in [-0.2, 0) is 0 Å². The highest BCUT2D eigenvalue weighted by molar-refractivity contribution is 9.10. The van der Waals surface area contributed by atoms with Gasteiger partial charge in [0, 0.05) is 10.0 Å². The number of rotatable bonds is 7. The third-order valence-electron chi connectivity index (χ3n) is 3.06. The first-order chi connectivity index (χ1) is 11.8. The highest BCUT2D eigenvalue weighted by Gasteiger charge is 2.03. The molecule has 0 saturated carbocycles. The van der Waals surface area contributed by atoms with Gasteiger partial charge in [-0.15, -0.1) is 10.2 Å². The van der Waals surface area contributed by atoms with E-state index < -0.39 is 0 Å². The van der Waals surface area contributed by atoms with E-state index >= 15 is 0 Å². The van der Waals surface area contributed by atoms with Crippen molar-refractivity contribution in [1.82, 2.24) is 14.9 Å². The number of ether oxygens (including phenoxy) is 2. The van der Waals surface area contributed by atoms with Crippen molar-refractivity contribution in [2.75, 3.05) is 13.2 Å². The van der Waals surface area contributed by atoms with Crippen LogP contribution in [0.15, 0.2) is 70.8 Å². The molecule has 0 radical (unpaired) electrons. The molecule has 0 aliphatic carbocycles. The largest absolute Gasteiger partial charge is 0.490 e. The van der Waals surface area contributed by atoms with Crippen molar-refractivity contribution in [3.05, 3.63) is 71.2 Å². The van der Waals surface area contributed by atoms with Gasteiger partial charge in [-0.2, -0.15) is 5.10 Å². The summed E-state index contributed by atoms with van der Waals surface area (Å²) in [6, 6.07) is 15.4. The molecule has 0 N–H and O–H groups in total. The molecule has 2 aromatic carbocycles. The molecule has 0 atom stereocenters. The minimum absolute atomic E-state index is 0.435. The first-order valence-electron chi connectivity index (χ1n) is 7.30. The van der Waals surface area contributed by atoms with Crippen LogP contribution in [0, 0.1) is 0 Å². The summed E-state index contributed by atoms with van der Waals surface area (Å²) in [5.74, 6) is 1.55. The predicted molar refractivity (Wildman–Crippen MR) is 94.6 cm³/mol. The molecule has 0 saturated heterocycles. The number of hydrogen-bond acceptors (Lipinski definition) is 5. The molecule has 3 aromatic rings. The maximum Gasteiger partial charge on any atom is 0.141 e. The Morgan fingerprint density at radius 2 is 1.75 bits per heavy atom. The van der Waals surface area contributed by atoms with Crippen LogP contribution in [0.5, 0.6) is 11.5 Å². The van der Waals surface area contributed by atoms with E-state index in [-0.39, 0.29) is 0 Å². The maximum absolute atomic E-state index is 5.81. The molecule has 0 bridgehead atoms. The number of hydrogen-bond donors (Lipinski definition) is 0. The van der Waals surface area contributed by atoms with Crippen molar-refractivity contribution >= 4 is 22.1 Å². The summed E-state index contributed by atoms with van der Waals surface area (Å²) in [6.45, 7) is 0.895. The number of nitrogens with zero attached hydrogens (tertiary/aromatic N) is 4. The van der Waals surface area contributed by atoms with Crippen LogP contribution in [0.1, 0.15) is 5.56 Å². The van der Waals surface area contributed by atoms with Crippen LogP contribution >= 0.6 is 15.9 Å². The van der Waals surface area contributed by atoms with E-state index in [1.54, 1.807) is 6.21 Å². The molecule has 0 fully saturated rings. The van der Waals surface area contributed by atoms with Gasteiger partial charge in [0.05, 0.1) is 6.21 Å². The number of benzene rings is 2. The molecule has 0 unspecified atom stereocenters. The Bertz CT molecular complexity index is 792. The van der Waals surface area contributed by atoms with Gasteiger partial charge in [0.2, 0.25) is 0 Å². The summed E-state index contributed by atoms with van der Waals surface area (Å²) < 4.78 is 13.9. The fourth-order valence-electron chi connectivity index (χ4n) is 1.96. The Kier molecular flexibility index (Phi) is 5.57. The topological polar surface area (TPSA) is 61.5 Å². The van der Waals surface area contributed by atoms with Gasteiger partial charge in [-0.25, -0.2) is 4.68 Å². The molecule has 24 heavy (non-hydrogen) atoms. The third kappa shape index (κ3) is 4.66. The summed E-state index contributed by atoms with van der Waals surface area (Å²) in [5, 5.41) is 11.7. The molecule has 1 aromatic heterocycles. The Balaban J connectivity index is 1.60. The van der Waals surface area contributed by atoms with Gasteiger partial charge in [-0.1, -0.05) is 34.1 Å². The molecule has 0 aliphatic heterocycles. The predicted octanol–water partition coefficient (Wildman–Crippen LogP) is 3.38. The lowest BCUT2D eigenvalue weighted by molar-refractivity contribution is 0.217. The van der Waals surface area contributed by atoms with E-state index in [1.165, 1.54) is 17.3 Å². The number of halogens is 1. The first-order valence-corrected chi connectivity index (χ1v) is 8.10. The van der Waals surface area contributed by atoms with Crippen LogP contribution in [0.4, 0.5) is 0 Å². The first kappa shape index (κ1) is 16.2. The van der Waals surface area contributed by atoms with Crippen molar-refractivity contribution in [2.45, 2.75) is 0 Å². The number of para-hydroxylation sites is 1. The van der Waals surface area contributed by atoms with Gasteiger partial charge in [-0.3, -0.25) is 0 Å². The van der Waals surface area contributed by atoms with Gasteiger partial charge in [0.1, 0.15) is 37.4 Å². The second-order valence-corrected chi connectivity index (χ2v) is 5.69. The fourth-order valence-corrected chi connectivity index (χ4v) is 2.34. The lowest BCUT2D eigenvalue weighted by Crippen LogP contribution is -2.10. The summed E-state index contributed by atoms with van der Waals surface area (Å²) in [4.78, 5) is 0. The lowest BCUT2D eigenvalue weighted by atomic mass is 10.2. The summed E-state index contributed by atoms with van der Waals surface area (Å²) >= 11 is 3.45. The van der Waals surface area contributed by atoms with Gasteiger partial charge < -0.3 is 9.47 Å². The highest BCUT2D eigenvalue weighted by Crippen LogP contribution is 2.22. The fraction of sp³-hybridized carbons (Fsp3) is 0.118. The maximum atomic E-state index is 5.81. The molecule has 1 heterocycles. The SMILES string of the molecule is Brc1ccc(OCCOc2ccccc2)c(/C=N/n2cnnc2)c1. The van der Waals surface area contributed by atoms with Crippen LogP contribution in [0.3, 0.4) is 0 Å². The Morgan fingerprint density at radius 3 is 2.54 bits per heavy atom. The molecule has 0 aliphatic rings. The smallest absolute Gasteiger partial charge is 0.141 e. The van der Waals surface area contributed by atoms with E-state index in [2.05, 4.69) is 31.2 Å². The van der Waals surface area contributed by atoms with E-state index in [9.17, 15) is 0 Å². The normalized spacial score (nSPS) is 10.9. The zero-order valence-electron chi connectivity index (χ0n) is 12.7. The van der Waals surface area contributed by atoms with E-state index in [0.29, 0.717) is 13.2 Å². The average Bonchev–Trinajstić information content (AvgIpc) is 3.13.